The van der Waals surface area contributed by atoms with Crippen molar-refractivity contribution in [2.45, 2.75) is 6.61 Å². The molecule has 0 heterocycles. The number of hydrogen-bond donors (Lipinski definition) is 3. The van der Waals surface area contributed by atoms with Crippen molar-refractivity contribution in [3.05, 3.63) is 23.5 Å². The number of benzene rings is 1. The van der Waals surface area contributed by atoms with E-state index in [4.69, 9.17) is 16.6 Å². The monoisotopic (exact) mass is 156 g/mol. The number of hydrogen-bond acceptors (Lipinski definition) is 3. The fourth-order valence-corrected chi connectivity index (χ4v) is 0.774. The van der Waals surface area contributed by atoms with Crippen molar-refractivity contribution in [3.63, 3.8) is 0 Å². The van der Waals surface area contributed by atoms with E-state index >= 15 is 0 Å². The third-order valence-corrected chi connectivity index (χ3v) is 1.42. The standard InChI is InChI=1S/C7H9FN2O/c8-5-2-7(10)6(9)1-4(5)3-11/h1-2,11H,3,9-10H2. The van der Waals surface area contributed by atoms with Crippen LogP contribution in [0.25, 0.3) is 0 Å². The molecule has 1 rings (SSSR count). The summed E-state index contributed by atoms with van der Waals surface area (Å²) in [6.07, 6.45) is 0. The van der Waals surface area contributed by atoms with E-state index in [1.807, 2.05) is 0 Å². The van der Waals surface area contributed by atoms with Gasteiger partial charge in [-0.1, -0.05) is 0 Å². The average Bonchev–Trinajstić information content (AvgIpc) is 1.97. The van der Waals surface area contributed by atoms with Gasteiger partial charge in [0.15, 0.2) is 0 Å². The molecule has 0 bridgehead atoms. The molecular weight excluding hydrogens is 147 g/mol. The van der Waals surface area contributed by atoms with E-state index in [9.17, 15) is 4.39 Å². The number of halogens is 1. The normalized spacial score (nSPS) is 10.0. The van der Waals surface area contributed by atoms with Crippen LogP contribution in [0, 0.1) is 5.82 Å². The largest absolute Gasteiger partial charge is 0.397 e. The van der Waals surface area contributed by atoms with Crippen LogP contribution in [0.1, 0.15) is 5.56 Å². The molecule has 0 saturated heterocycles. The molecule has 0 atom stereocenters. The predicted molar refractivity (Wildman–Crippen MR) is 41.1 cm³/mol. The second kappa shape index (κ2) is 2.75. The van der Waals surface area contributed by atoms with Gasteiger partial charge in [-0.3, -0.25) is 0 Å². The second-order valence-corrected chi connectivity index (χ2v) is 2.23. The molecule has 1 aromatic rings. The molecule has 4 heteroatoms. The minimum absolute atomic E-state index is 0.164. The van der Waals surface area contributed by atoms with E-state index in [0.29, 0.717) is 0 Å². The van der Waals surface area contributed by atoms with Crippen LogP contribution in [-0.4, -0.2) is 5.11 Å². The van der Waals surface area contributed by atoms with Crippen molar-refractivity contribution in [1.29, 1.82) is 0 Å². The van der Waals surface area contributed by atoms with Gasteiger partial charge in [-0.15, -0.1) is 0 Å². The van der Waals surface area contributed by atoms with Crippen molar-refractivity contribution in [2.75, 3.05) is 11.5 Å². The zero-order valence-corrected chi connectivity index (χ0v) is 5.84. The lowest BCUT2D eigenvalue weighted by molar-refractivity contribution is 0.276. The summed E-state index contributed by atoms with van der Waals surface area (Å²) in [5.74, 6) is -0.529. The summed E-state index contributed by atoms with van der Waals surface area (Å²) in [5, 5.41) is 8.60. The first-order chi connectivity index (χ1) is 5.15. The molecule has 0 unspecified atom stereocenters. The van der Waals surface area contributed by atoms with Crippen LogP contribution < -0.4 is 11.5 Å². The first kappa shape index (κ1) is 7.81. The summed E-state index contributed by atoms with van der Waals surface area (Å²) in [5.41, 5.74) is 11.3. The Bertz CT molecular complexity index is 275. The highest BCUT2D eigenvalue weighted by atomic mass is 19.1. The Labute approximate surface area is 63.4 Å². The number of nitrogens with two attached hydrogens (primary N) is 2. The predicted octanol–water partition coefficient (Wildman–Crippen LogP) is 0.482. The fourth-order valence-electron chi connectivity index (χ4n) is 0.774. The number of aliphatic hydroxyl groups excluding tert-OH is 1. The van der Waals surface area contributed by atoms with Crippen molar-refractivity contribution in [3.8, 4) is 0 Å². The first-order valence-electron chi connectivity index (χ1n) is 3.09. The minimum atomic E-state index is -0.529. The van der Waals surface area contributed by atoms with Gasteiger partial charge in [0.1, 0.15) is 5.82 Å². The van der Waals surface area contributed by atoms with Crippen LogP contribution in [0.5, 0.6) is 0 Å². The van der Waals surface area contributed by atoms with E-state index in [0.717, 1.165) is 6.07 Å². The molecule has 0 spiro atoms. The van der Waals surface area contributed by atoms with Crippen LogP contribution in [0.3, 0.4) is 0 Å². The van der Waals surface area contributed by atoms with Gasteiger partial charge < -0.3 is 16.6 Å². The van der Waals surface area contributed by atoms with Crippen molar-refractivity contribution in [1.82, 2.24) is 0 Å². The summed E-state index contributed by atoms with van der Waals surface area (Å²) in [7, 11) is 0. The summed E-state index contributed by atoms with van der Waals surface area (Å²) >= 11 is 0. The lowest BCUT2D eigenvalue weighted by atomic mass is 10.2. The smallest absolute Gasteiger partial charge is 0.130 e. The maximum Gasteiger partial charge on any atom is 0.130 e. The molecule has 60 valence electrons. The Morgan fingerprint density at radius 2 is 1.82 bits per heavy atom. The molecular formula is C7H9FN2O. The summed E-state index contributed by atoms with van der Waals surface area (Å²) < 4.78 is 12.7. The lowest BCUT2D eigenvalue weighted by Gasteiger charge is -2.03. The van der Waals surface area contributed by atoms with Gasteiger partial charge in [0.05, 0.1) is 18.0 Å². The number of aliphatic hydroxyl groups is 1. The molecule has 0 saturated carbocycles. The van der Waals surface area contributed by atoms with Gasteiger partial charge in [0.2, 0.25) is 0 Å². The molecule has 0 aliphatic heterocycles. The third kappa shape index (κ3) is 1.40. The summed E-state index contributed by atoms with van der Waals surface area (Å²) in [4.78, 5) is 0. The molecule has 0 aliphatic rings. The highest BCUT2D eigenvalue weighted by molar-refractivity contribution is 5.64. The number of nitrogen functional groups attached to an aromatic ring is 2. The van der Waals surface area contributed by atoms with Crippen molar-refractivity contribution < 1.29 is 9.50 Å². The topological polar surface area (TPSA) is 72.3 Å². The van der Waals surface area contributed by atoms with Crippen molar-refractivity contribution in [2.24, 2.45) is 0 Å². The van der Waals surface area contributed by atoms with E-state index < -0.39 is 5.82 Å². The Kier molecular flexibility index (Phi) is 1.96. The van der Waals surface area contributed by atoms with Crippen LogP contribution >= 0.6 is 0 Å². The maximum absolute atomic E-state index is 12.7. The van der Waals surface area contributed by atoms with Crippen LogP contribution in [0.15, 0.2) is 12.1 Å². The van der Waals surface area contributed by atoms with E-state index in [2.05, 4.69) is 0 Å². The number of rotatable bonds is 1. The van der Waals surface area contributed by atoms with Crippen LogP contribution in [0.4, 0.5) is 15.8 Å². The first-order valence-corrected chi connectivity index (χ1v) is 3.09. The average molecular weight is 156 g/mol. The van der Waals surface area contributed by atoms with Crippen LogP contribution in [-0.2, 0) is 6.61 Å². The highest BCUT2D eigenvalue weighted by Crippen LogP contribution is 2.19. The van der Waals surface area contributed by atoms with Gasteiger partial charge in [-0.25, -0.2) is 4.39 Å². The van der Waals surface area contributed by atoms with Crippen LogP contribution in [0.2, 0.25) is 0 Å². The van der Waals surface area contributed by atoms with E-state index in [1.165, 1.54) is 6.07 Å². The minimum Gasteiger partial charge on any atom is -0.397 e. The highest BCUT2D eigenvalue weighted by Gasteiger charge is 2.03. The second-order valence-electron chi connectivity index (χ2n) is 2.23. The SMILES string of the molecule is Nc1cc(F)c(CO)cc1N. The Balaban J connectivity index is 3.21. The van der Waals surface area contributed by atoms with E-state index in [1.54, 1.807) is 0 Å². The Hall–Kier alpha value is -1.29. The molecule has 3 nitrogen and oxygen atoms in total. The molecule has 0 amide bonds. The molecule has 0 radical (unpaired) electrons. The third-order valence-electron chi connectivity index (χ3n) is 1.42. The Morgan fingerprint density at radius 1 is 1.27 bits per heavy atom. The molecule has 0 aromatic heterocycles. The fraction of sp³-hybridized carbons (Fsp3) is 0.143. The number of anilines is 2. The quantitative estimate of drug-likeness (QED) is 0.518. The van der Waals surface area contributed by atoms with Gasteiger partial charge in [0, 0.05) is 5.56 Å². The summed E-state index contributed by atoms with van der Waals surface area (Å²) in [6, 6.07) is 2.42. The van der Waals surface area contributed by atoms with Gasteiger partial charge >= 0.3 is 0 Å². The molecule has 11 heavy (non-hydrogen) atoms. The molecule has 5 N–H and O–H groups in total. The molecule has 0 aliphatic carbocycles. The van der Waals surface area contributed by atoms with Crippen molar-refractivity contribution >= 4 is 11.4 Å². The zero-order valence-electron chi connectivity index (χ0n) is 5.84. The zero-order chi connectivity index (χ0) is 8.43. The molecule has 0 fully saturated rings. The van der Waals surface area contributed by atoms with Gasteiger partial charge in [-0.2, -0.15) is 0 Å². The molecule has 1 aromatic carbocycles. The van der Waals surface area contributed by atoms with E-state index in [-0.39, 0.29) is 23.5 Å². The lowest BCUT2D eigenvalue weighted by Crippen LogP contribution is -1.99. The van der Waals surface area contributed by atoms with Gasteiger partial charge in [-0.05, 0) is 12.1 Å². The Morgan fingerprint density at radius 3 is 2.36 bits per heavy atom. The maximum atomic E-state index is 12.7. The summed E-state index contributed by atoms with van der Waals surface area (Å²) in [6.45, 7) is -0.365. The van der Waals surface area contributed by atoms with Gasteiger partial charge in [0.25, 0.3) is 0 Å².